The Balaban J connectivity index is 2.03. The molecule has 0 bridgehead atoms. The van der Waals surface area contributed by atoms with Crippen molar-refractivity contribution in [3.05, 3.63) is 0 Å². The minimum absolute atomic E-state index is 0.0208. The van der Waals surface area contributed by atoms with E-state index >= 15 is 0 Å². The molecule has 0 radical (unpaired) electrons. The highest BCUT2D eigenvalue weighted by atomic mass is 19.3. The Morgan fingerprint density at radius 1 is 1.40 bits per heavy atom. The third kappa shape index (κ3) is 1.90. The first-order chi connectivity index (χ1) is 4.64. The number of nitrogens with zero attached hydrogens (tertiary/aromatic N) is 1. The summed E-state index contributed by atoms with van der Waals surface area (Å²) in [7, 11) is 0. The summed E-state index contributed by atoms with van der Waals surface area (Å²) in [5.41, 5.74) is 0. The zero-order valence-electron chi connectivity index (χ0n) is 6.24. The van der Waals surface area contributed by atoms with E-state index in [9.17, 15) is 8.78 Å². The molecule has 0 aromatic rings. The third-order valence-electron chi connectivity index (χ3n) is 1.74. The van der Waals surface area contributed by atoms with Crippen LogP contribution in [0.25, 0.3) is 0 Å². The molecule has 1 fully saturated rings. The second kappa shape index (κ2) is 2.82. The number of halogens is 2. The highest BCUT2D eigenvalue weighted by Crippen LogP contribution is 2.26. The van der Waals surface area contributed by atoms with E-state index in [1.165, 1.54) is 0 Å². The molecule has 1 rings (SSSR count). The Bertz CT molecular complexity index is 106. The average Bonchev–Trinajstić information content (AvgIpc) is 1.78. The van der Waals surface area contributed by atoms with Crippen LogP contribution in [0.2, 0.25) is 0 Å². The van der Waals surface area contributed by atoms with Gasteiger partial charge in [-0.25, -0.2) is 8.78 Å². The van der Waals surface area contributed by atoms with Crippen molar-refractivity contribution in [1.29, 1.82) is 0 Å². The molecule has 10 heavy (non-hydrogen) atoms. The zero-order valence-corrected chi connectivity index (χ0v) is 6.24. The molecule has 0 aromatic carbocycles. The van der Waals surface area contributed by atoms with Gasteiger partial charge in [0.2, 0.25) is 0 Å². The van der Waals surface area contributed by atoms with Gasteiger partial charge >= 0.3 is 0 Å². The second-order valence-electron chi connectivity index (χ2n) is 2.92. The fourth-order valence-electron chi connectivity index (χ4n) is 1.15. The molecule has 0 unspecified atom stereocenters. The van der Waals surface area contributed by atoms with Gasteiger partial charge < -0.3 is 0 Å². The van der Waals surface area contributed by atoms with Crippen LogP contribution in [0.5, 0.6) is 0 Å². The summed E-state index contributed by atoms with van der Waals surface area (Å²) in [4.78, 5) is 1.80. The van der Waals surface area contributed by atoms with Crippen LogP contribution in [0, 0.1) is 0 Å². The monoisotopic (exact) mass is 149 g/mol. The number of alkyl halides is 2. The predicted octanol–water partition coefficient (Wildman–Crippen LogP) is 1.74. The van der Waals surface area contributed by atoms with Crippen molar-refractivity contribution < 1.29 is 8.78 Å². The fourth-order valence-corrected chi connectivity index (χ4v) is 1.15. The van der Waals surface area contributed by atoms with Crippen molar-refractivity contribution in [3.8, 4) is 0 Å². The Kier molecular flexibility index (Phi) is 2.24. The Morgan fingerprint density at radius 2 is 2.00 bits per heavy atom. The molecule has 1 nitrogen and oxygen atoms in total. The second-order valence-corrected chi connectivity index (χ2v) is 2.92. The molecule has 60 valence electrons. The van der Waals surface area contributed by atoms with Crippen molar-refractivity contribution in [2.45, 2.75) is 25.7 Å². The maximum absolute atomic E-state index is 12.2. The lowest BCUT2D eigenvalue weighted by molar-refractivity contribution is -0.130. The van der Waals surface area contributed by atoms with Gasteiger partial charge in [0.25, 0.3) is 5.92 Å². The summed E-state index contributed by atoms with van der Waals surface area (Å²) in [6.45, 7) is 2.87. The van der Waals surface area contributed by atoms with Gasteiger partial charge in [-0.3, -0.25) is 4.90 Å². The Labute approximate surface area is 60.0 Å². The zero-order chi connectivity index (χ0) is 7.61. The van der Waals surface area contributed by atoms with Crippen LogP contribution in [0.1, 0.15) is 19.8 Å². The van der Waals surface area contributed by atoms with Crippen LogP contribution < -0.4 is 0 Å². The third-order valence-corrected chi connectivity index (χ3v) is 1.74. The van der Waals surface area contributed by atoms with E-state index < -0.39 is 5.92 Å². The van der Waals surface area contributed by atoms with Crippen molar-refractivity contribution >= 4 is 0 Å². The summed E-state index contributed by atoms with van der Waals surface area (Å²) in [6, 6.07) is 0. The van der Waals surface area contributed by atoms with Crippen LogP contribution in [0.4, 0.5) is 8.78 Å². The average molecular weight is 149 g/mol. The van der Waals surface area contributed by atoms with Crippen LogP contribution in [-0.4, -0.2) is 30.5 Å². The van der Waals surface area contributed by atoms with Crippen LogP contribution in [0.3, 0.4) is 0 Å². The summed E-state index contributed by atoms with van der Waals surface area (Å²) in [5.74, 6) is -2.38. The largest absolute Gasteiger partial charge is 0.291 e. The minimum Gasteiger partial charge on any atom is -0.291 e. The first-order valence-corrected chi connectivity index (χ1v) is 3.74. The van der Waals surface area contributed by atoms with Gasteiger partial charge in [-0.05, 0) is 13.0 Å². The lowest BCUT2D eigenvalue weighted by atomic mass is 10.1. The molecule has 0 atom stereocenters. The van der Waals surface area contributed by atoms with E-state index in [-0.39, 0.29) is 13.1 Å². The SMILES string of the molecule is CCCCN1CC(F)(F)C1. The van der Waals surface area contributed by atoms with Crippen molar-refractivity contribution in [3.63, 3.8) is 0 Å². The molecule has 0 spiro atoms. The molecule has 1 saturated heterocycles. The summed E-state index contributed by atoms with van der Waals surface area (Å²) >= 11 is 0. The topological polar surface area (TPSA) is 3.24 Å². The van der Waals surface area contributed by atoms with E-state index in [1.54, 1.807) is 4.90 Å². The van der Waals surface area contributed by atoms with Crippen molar-refractivity contribution in [1.82, 2.24) is 4.90 Å². The molecule has 0 aromatic heterocycles. The quantitative estimate of drug-likeness (QED) is 0.590. The number of hydrogen-bond donors (Lipinski definition) is 0. The van der Waals surface area contributed by atoms with Gasteiger partial charge in [-0.2, -0.15) is 0 Å². The van der Waals surface area contributed by atoms with Crippen molar-refractivity contribution in [2.75, 3.05) is 19.6 Å². The fraction of sp³-hybridized carbons (Fsp3) is 1.00. The van der Waals surface area contributed by atoms with E-state index in [0.717, 1.165) is 19.4 Å². The summed E-state index contributed by atoms with van der Waals surface area (Å²) < 4.78 is 24.3. The van der Waals surface area contributed by atoms with Crippen LogP contribution in [0.15, 0.2) is 0 Å². The maximum atomic E-state index is 12.2. The van der Waals surface area contributed by atoms with E-state index in [4.69, 9.17) is 0 Å². The molecular formula is C7H13F2N. The Hall–Kier alpha value is -0.180. The van der Waals surface area contributed by atoms with Gasteiger partial charge in [0.1, 0.15) is 0 Å². The van der Waals surface area contributed by atoms with Gasteiger partial charge in [-0.15, -0.1) is 0 Å². The number of hydrogen-bond acceptors (Lipinski definition) is 1. The summed E-state index contributed by atoms with van der Waals surface area (Å²) in [6.07, 6.45) is 2.12. The van der Waals surface area contributed by atoms with Gasteiger partial charge in [0, 0.05) is 0 Å². The molecule has 3 heteroatoms. The number of unbranched alkanes of at least 4 members (excludes halogenated alkanes) is 1. The Morgan fingerprint density at radius 3 is 2.40 bits per heavy atom. The molecule has 1 aliphatic heterocycles. The molecule has 0 saturated carbocycles. The van der Waals surface area contributed by atoms with E-state index in [1.807, 2.05) is 0 Å². The first kappa shape index (κ1) is 7.92. The van der Waals surface area contributed by atoms with Gasteiger partial charge in [-0.1, -0.05) is 13.3 Å². The molecular weight excluding hydrogens is 136 g/mol. The highest BCUT2D eigenvalue weighted by molar-refractivity contribution is 4.86. The normalized spacial score (nSPS) is 24.3. The lowest BCUT2D eigenvalue weighted by Crippen LogP contribution is -2.56. The molecule has 0 aliphatic carbocycles. The van der Waals surface area contributed by atoms with E-state index in [2.05, 4.69) is 6.92 Å². The maximum Gasteiger partial charge on any atom is 0.272 e. The molecule has 0 amide bonds. The minimum atomic E-state index is -2.38. The van der Waals surface area contributed by atoms with Crippen LogP contribution in [-0.2, 0) is 0 Å². The highest BCUT2D eigenvalue weighted by Gasteiger charge is 2.42. The predicted molar refractivity (Wildman–Crippen MR) is 36.3 cm³/mol. The van der Waals surface area contributed by atoms with Crippen LogP contribution >= 0.6 is 0 Å². The van der Waals surface area contributed by atoms with Gasteiger partial charge in [0.05, 0.1) is 13.1 Å². The lowest BCUT2D eigenvalue weighted by Gasteiger charge is -2.38. The molecule has 0 N–H and O–H groups in total. The van der Waals surface area contributed by atoms with Crippen molar-refractivity contribution in [2.24, 2.45) is 0 Å². The van der Waals surface area contributed by atoms with E-state index in [0.29, 0.717) is 0 Å². The summed E-state index contributed by atoms with van der Waals surface area (Å²) in [5, 5.41) is 0. The number of likely N-dealkylation sites (tertiary alicyclic amines) is 1. The first-order valence-electron chi connectivity index (χ1n) is 3.74. The number of rotatable bonds is 3. The standard InChI is InChI=1S/C7H13F2N/c1-2-3-4-10-5-7(8,9)6-10/h2-6H2,1H3. The smallest absolute Gasteiger partial charge is 0.272 e. The molecule has 1 heterocycles. The van der Waals surface area contributed by atoms with Gasteiger partial charge in [0.15, 0.2) is 0 Å². The molecule has 1 aliphatic rings.